The van der Waals surface area contributed by atoms with E-state index >= 15 is 0 Å². The molecule has 1 N–H and O–H groups in total. The second-order valence-corrected chi connectivity index (χ2v) is 7.06. The molecule has 0 aromatic heterocycles. The Bertz CT molecular complexity index is 722. The number of carbonyl (C=O) groups excluding carboxylic acids is 3. The number of esters is 1. The zero-order chi connectivity index (χ0) is 21.4. The van der Waals surface area contributed by atoms with E-state index in [-0.39, 0.29) is 35.4 Å². The molecule has 28 heavy (non-hydrogen) atoms. The Labute approximate surface area is 164 Å². The summed E-state index contributed by atoms with van der Waals surface area (Å²) in [5.74, 6) is -1.44. The van der Waals surface area contributed by atoms with Crippen molar-refractivity contribution in [2.24, 2.45) is 5.92 Å². The molecule has 1 atom stereocenters. The molecule has 6 nitrogen and oxygen atoms in total. The smallest absolute Gasteiger partial charge is 0.328 e. The van der Waals surface area contributed by atoms with Gasteiger partial charge in [0.2, 0.25) is 11.8 Å². The molecule has 8 heteroatoms. The van der Waals surface area contributed by atoms with Crippen LogP contribution in [0.3, 0.4) is 0 Å². The average molecular weight is 398 g/mol. The van der Waals surface area contributed by atoms with Gasteiger partial charge in [-0.25, -0.2) is 13.6 Å². The third-order valence-corrected chi connectivity index (χ3v) is 4.31. The number of nitrogens with one attached hydrogen (secondary N) is 1. The molecule has 1 saturated heterocycles. The van der Waals surface area contributed by atoms with Gasteiger partial charge in [0.25, 0.3) is 0 Å². The predicted molar refractivity (Wildman–Crippen MR) is 100 cm³/mol. The molecule has 0 radical (unpaired) electrons. The fraction of sp³-hybridized carbons (Fsp3) is 0.550. The molecular weight excluding hydrogens is 370 g/mol. The SMILES string of the molecule is COC(=O)C(NC(C)=O)C(C)C.Cc1cc(F)cc(CN2CCCC2=O)c1F. The van der Waals surface area contributed by atoms with Crippen LogP contribution in [-0.4, -0.2) is 42.4 Å². The summed E-state index contributed by atoms with van der Waals surface area (Å²) in [6.45, 7) is 7.39. The summed E-state index contributed by atoms with van der Waals surface area (Å²) < 4.78 is 31.3. The van der Waals surface area contributed by atoms with Gasteiger partial charge in [0.15, 0.2) is 0 Å². The predicted octanol–water partition coefficient (Wildman–Crippen LogP) is 2.72. The summed E-state index contributed by atoms with van der Waals surface area (Å²) in [4.78, 5) is 34.6. The van der Waals surface area contributed by atoms with E-state index in [1.165, 1.54) is 21.0 Å². The monoisotopic (exact) mass is 398 g/mol. The standard InChI is InChI=1S/C12H13F2NO.C8H15NO3/c1-8-5-10(13)6-9(12(8)14)7-15-4-2-3-11(15)16;1-5(2)7(8(11)12-4)9-6(3)10/h5-6H,2-4,7H2,1H3;5,7H,1-4H3,(H,9,10). The Morgan fingerprint density at radius 2 is 1.93 bits per heavy atom. The molecule has 0 spiro atoms. The van der Waals surface area contributed by atoms with Gasteiger partial charge < -0.3 is 15.0 Å². The van der Waals surface area contributed by atoms with Crippen molar-refractivity contribution in [3.05, 3.63) is 34.9 Å². The van der Waals surface area contributed by atoms with Gasteiger partial charge in [-0.2, -0.15) is 0 Å². The minimum atomic E-state index is -0.535. The van der Waals surface area contributed by atoms with Gasteiger partial charge in [-0.3, -0.25) is 9.59 Å². The van der Waals surface area contributed by atoms with Crippen molar-refractivity contribution in [3.63, 3.8) is 0 Å². The highest BCUT2D eigenvalue weighted by Crippen LogP contribution is 2.19. The number of amides is 2. The van der Waals surface area contributed by atoms with Crippen molar-refractivity contribution in [1.82, 2.24) is 10.2 Å². The minimum absolute atomic E-state index is 0.0151. The molecule has 0 aliphatic carbocycles. The average Bonchev–Trinajstić information content (AvgIpc) is 3.01. The highest BCUT2D eigenvalue weighted by atomic mass is 19.1. The lowest BCUT2D eigenvalue weighted by atomic mass is 10.1. The highest BCUT2D eigenvalue weighted by Gasteiger charge is 2.23. The molecule has 1 fully saturated rings. The number of hydrogen-bond donors (Lipinski definition) is 1. The zero-order valence-corrected chi connectivity index (χ0v) is 17.0. The normalized spacial score (nSPS) is 14.4. The lowest BCUT2D eigenvalue weighted by molar-refractivity contribution is -0.146. The fourth-order valence-corrected chi connectivity index (χ4v) is 2.83. The van der Waals surface area contributed by atoms with Gasteiger partial charge in [0, 0.05) is 32.0 Å². The quantitative estimate of drug-likeness (QED) is 0.774. The summed E-state index contributed by atoms with van der Waals surface area (Å²) in [7, 11) is 1.31. The van der Waals surface area contributed by atoms with Crippen LogP contribution in [0.2, 0.25) is 0 Å². The van der Waals surface area contributed by atoms with Crippen molar-refractivity contribution < 1.29 is 27.9 Å². The van der Waals surface area contributed by atoms with E-state index in [0.29, 0.717) is 13.0 Å². The second kappa shape index (κ2) is 10.7. The Morgan fingerprint density at radius 1 is 1.29 bits per heavy atom. The number of likely N-dealkylation sites (tertiary alicyclic amines) is 1. The number of hydrogen-bond acceptors (Lipinski definition) is 4. The maximum Gasteiger partial charge on any atom is 0.328 e. The molecule has 1 unspecified atom stereocenters. The van der Waals surface area contributed by atoms with Gasteiger partial charge in [-0.15, -0.1) is 0 Å². The van der Waals surface area contributed by atoms with Crippen molar-refractivity contribution in [2.75, 3.05) is 13.7 Å². The van der Waals surface area contributed by atoms with Crippen LogP contribution in [0.15, 0.2) is 12.1 Å². The summed E-state index contributed by atoms with van der Waals surface area (Å²) in [6, 6.07) is 1.78. The number of halogens is 2. The summed E-state index contributed by atoms with van der Waals surface area (Å²) in [5, 5.41) is 2.52. The van der Waals surface area contributed by atoms with E-state index in [2.05, 4.69) is 10.1 Å². The third-order valence-electron chi connectivity index (χ3n) is 4.31. The summed E-state index contributed by atoms with van der Waals surface area (Å²) >= 11 is 0. The molecular formula is C20H28F2N2O4. The van der Waals surface area contributed by atoms with E-state index in [1.54, 1.807) is 4.90 Å². The molecule has 1 heterocycles. The van der Waals surface area contributed by atoms with Crippen LogP contribution in [0.25, 0.3) is 0 Å². The first kappa shape index (κ1) is 23.5. The van der Waals surface area contributed by atoms with Crippen LogP contribution >= 0.6 is 0 Å². The zero-order valence-electron chi connectivity index (χ0n) is 17.0. The first-order valence-electron chi connectivity index (χ1n) is 9.14. The number of carbonyl (C=O) groups is 3. The van der Waals surface area contributed by atoms with Crippen LogP contribution in [-0.2, 0) is 25.7 Å². The van der Waals surface area contributed by atoms with Crippen molar-refractivity contribution >= 4 is 17.8 Å². The molecule has 1 aliphatic rings. The largest absolute Gasteiger partial charge is 0.467 e. The van der Waals surface area contributed by atoms with E-state index in [1.807, 2.05) is 13.8 Å². The Kier molecular flexibility index (Phi) is 9.02. The van der Waals surface area contributed by atoms with E-state index < -0.39 is 23.6 Å². The molecule has 2 amide bonds. The first-order valence-corrected chi connectivity index (χ1v) is 9.14. The number of benzene rings is 1. The van der Waals surface area contributed by atoms with Gasteiger partial charge in [0.05, 0.1) is 7.11 Å². The Balaban J connectivity index is 0.000000295. The molecule has 156 valence electrons. The number of nitrogens with zero attached hydrogens (tertiary/aromatic N) is 1. The molecule has 2 rings (SSSR count). The van der Waals surface area contributed by atoms with Crippen molar-refractivity contribution in [1.29, 1.82) is 0 Å². The van der Waals surface area contributed by atoms with Crippen LogP contribution in [0.1, 0.15) is 44.7 Å². The van der Waals surface area contributed by atoms with Crippen LogP contribution < -0.4 is 5.32 Å². The van der Waals surface area contributed by atoms with E-state index in [0.717, 1.165) is 18.6 Å². The number of rotatable bonds is 5. The highest BCUT2D eigenvalue weighted by molar-refractivity contribution is 5.83. The number of aryl methyl sites for hydroxylation is 1. The van der Waals surface area contributed by atoms with Gasteiger partial charge in [0.1, 0.15) is 17.7 Å². The molecule has 0 bridgehead atoms. The van der Waals surface area contributed by atoms with E-state index in [4.69, 9.17) is 0 Å². The van der Waals surface area contributed by atoms with Gasteiger partial charge >= 0.3 is 5.97 Å². The lowest BCUT2D eigenvalue weighted by Crippen LogP contribution is -2.44. The first-order chi connectivity index (χ1) is 13.1. The molecule has 0 saturated carbocycles. The lowest BCUT2D eigenvalue weighted by Gasteiger charge is -2.18. The summed E-state index contributed by atoms with van der Waals surface area (Å²) in [6.07, 6.45) is 1.31. The van der Waals surface area contributed by atoms with Crippen molar-refractivity contribution in [3.8, 4) is 0 Å². The second-order valence-electron chi connectivity index (χ2n) is 7.06. The third kappa shape index (κ3) is 6.90. The summed E-state index contributed by atoms with van der Waals surface area (Å²) in [5.41, 5.74) is 0.536. The van der Waals surface area contributed by atoms with Crippen molar-refractivity contribution in [2.45, 2.75) is 53.1 Å². The van der Waals surface area contributed by atoms with Gasteiger partial charge in [-0.05, 0) is 37.0 Å². The Morgan fingerprint density at radius 3 is 2.39 bits per heavy atom. The Hall–Kier alpha value is -2.51. The van der Waals surface area contributed by atoms with Gasteiger partial charge in [-0.1, -0.05) is 13.8 Å². The van der Waals surface area contributed by atoms with Crippen LogP contribution in [0.5, 0.6) is 0 Å². The number of ether oxygens (including phenoxy) is 1. The van der Waals surface area contributed by atoms with Crippen LogP contribution in [0, 0.1) is 24.5 Å². The maximum absolute atomic E-state index is 13.7. The number of methoxy groups -OCH3 is 1. The molecule has 1 aliphatic heterocycles. The topological polar surface area (TPSA) is 75.7 Å². The van der Waals surface area contributed by atoms with Crippen LogP contribution in [0.4, 0.5) is 8.78 Å². The fourth-order valence-electron chi connectivity index (χ4n) is 2.83. The maximum atomic E-state index is 13.7. The molecule has 1 aromatic carbocycles. The molecule has 1 aromatic rings. The van der Waals surface area contributed by atoms with E-state index in [9.17, 15) is 23.2 Å². The minimum Gasteiger partial charge on any atom is -0.467 e.